The first-order chi connectivity index (χ1) is 11.5. The van der Waals surface area contributed by atoms with Gasteiger partial charge in [0.1, 0.15) is 17.6 Å². The van der Waals surface area contributed by atoms with Crippen LogP contribution in [0.3, 0.4) is 0 Å². The van der Waals surface area contributed by atoms with Gasteiger partial charge in [0, 0.05) is 12.0 Å². The maximum absolute atomic E-state index is 11.5. The summed E-state index contributed by atoms with van der Waals surface area (Å²) in [6.45, 7) is 5.74. The van der Waals surface area contributed by atoms with E-state index in [0.717, 1.165) is 5.56 Å². The molecule has 1 aromatic rings. The Morgan fingerprint density at radius 1 is 1.25 bits per heavy atom. The number of carbonyl (C=O) groups excluding carboxylic acids is 2. The third-order valence-corrected chi connectivity index (χ3v) is 3.76. The summed E-state index contributed by atoms with van der Waals surface area (Å²) in [6.07, 6.45) is 1.45. The van der Waals surface area contributed by atoms with Crippen molar-refractivity contribution in [2.24, 2.45) is 5.92 Å². The van der Waals surface area contributed by atoms with Crippen LogP contribution in [0.2, 0.25) is 0 Å². The fourth-order valence-electron chi connectivity index (χ4n) is 2.54. The van der Waals surface area contributed by atoms with E-state index >= 15 is 0 Å². The van der Waals surface area contributed by atoms with Crippen molar-refractivity contribution in [2.45, 2.75) is 33.4 Å². The van der Waals surface area contributed by atoms with Crippen molar-refractivity contribution in [3.8, 4) is 6.07 Å². The molecule has 0 fully saturated rings. The minimum absolute atomic E-state index is 0.140. The standard InChI is InChI=1S/C19H18N2O3/c1-13(2)24-19-8-17(11-22)14(3)18(12-23)21(19)10-16-7-5-4-6-15(16)9-20/h4-8,13-14H,10H2,1-3H3. The fourth-order valence-corrected chi connectivity index (χ4v) is 2.54. The Labute approximate surface area is 141 Å². The van der Waals surface area contributed by atoms with Crippen molar-refractivity contribution in [3.63, 3.8) is 0 Å². The van der Waals surface area contributed by atoms with E-state index in [4.69, 9.17) is 4.74 Å². The first-order valence-corrected chi connectivity index (χ1v) is 7.65. The van der Waals surface area contributed by atoms with Gasteiger partial charge in [0.05, 0.1) is 29.9 Å². The molecule has 1 atom stereocenters. The Hall–Kier alpha value is -3.05. The lowest BCUT2D eigenvalue weighted by Gasteiger charge is -2.34. The van der Waals surface area contributed by atoms with E-state index in [1.165, 1.54) is 0 Å². The number of hydrogen-bond donors (Lipinski definition) is 0. The van der Waals surface area contributed by atoms with Crippen LogP contribution in [0, 0.1) is 17.2 Å². The van der Waals surface area contributed by atoms with E-state index in [1.54, 1.807) is 30.0 Å². The molecule has 0 bridgehead atoms. The van der Waals surface area contributed by atoms with Gasteiger partial charge in [0.25, 0.3) is 0 Å². The molecule has 5 heteroatoms. The number of hydrogen-bond acceptors (Lipinski definition) is 5. The van der Waals surface area contributed by atoms with Crippen LogP contribution in [-0.4, -0.2) is 22.9 Å². The molecule has 0 aromatic heterocycles. The van der Waals surface area contributed by atoms with Crippen molar-refractivity contribution in [1.82, 2.24) is 4.90 Å². The van der Waals surface area contributed by atoms with Crippen molar-refractivity contribution >= 4 is 11.9 Å². The highest BCUT2D eigenvalue weighted by molar-refractivity contribution is 5.66. The molecule has 0 saturated heterocycles. The Balaban J connectivity index is 2.52. The zero-order chi connectivity index (χ0) is 17.7. The Bertz CT molecular complexity index is 804. The van der Waals surface area contributed by atoms with Crippen LogP contribution in [0.5, 0.6) is 0 Å². The van der Waals surface area contributed by atoms with Gasteiger partial charge in [-0.05, 0) is 25.5 Å². The van der Waals surface area contributed by atoms with E-state index in [9.17, 15) is 14.9 Å². The maximum atomic E-state index is 11.5. The average molecular weight is 322 g/mol. The summed E-state index contributed by atoms with van der Waals surface area (Å²) in [5, 5.41) is 9.26. The van der Waals surface area contributed by atoms with Gasteiger partial charge in [-0.25, -0.2) is 9.59 Å². The van der Waals surface area contributed by atoms with Gasteiger partial charge in [-0.15, -0.1) is 0 Å². The molecule has 24 heavy (non-hydrogen) atoms. The van der Waals surface area contributed by atoms with E-state index in [-0.39, 0.29) is 12.6 Å². The molecule has 0 aliphatic carbocycles. The summed E-state index contributed by atoms with van der Waals surface area (Å²) in [4.78, 5) is 24.3. The maximum Gasteiger partial charge on any atom is 0.195 e. The second-order valence-corrected chi connectivity index (χ2v) is 5.77. The van der Waals surface area contributed by atoms with Crippen LogP contribution in [0.25, 0.3) is 0 Å². The summed E-state index contributed by atoms with van der Waals surface area (Å²) >= 11 is 0. The third kappa shape index (κ3) is 3.47. The molecule has 1 unspecified atom stereocenters. The Morgan fingerprint density at radius 2 is 1.96 bits per heavy atom. The minimum atomic E-state index is -0.436. The zero-order valence-electron chi connectivity index (χ0n) is 13.9. The van der Waals surface area contributed by atoms with E-state index in [2.05, 4.69) is 6.07 Å². The molecule has 1 aliphatic rings. The summed E-state index contributed by atoms with van der Waals surface area (Å²) in [5.74, 6) is 3.72. The molecular formula is C19H18N2O3. The number of nitrogens with zero attached hydrogens (tertiary/aromatic N) is 2. The Morgan fingerprint density at radius 3 is 2.54 bits per heavy atom. The molecule has 0 amide bonds. The normalized spacial score (nSPS) is 17.0. The molecule has 1 aromatic carbocycles. The minimum Gasteiger partial charge on any atom is -0.476 e. The number of ether oxygens (including phenoxy) is 1. The lowest BCUT2D eigenvalue weighted by molar-refractivity contribution is 0.0750. The van der Waals surface area contributed by atoms with Gasteiger partial charge < -0.3 is 9.64 Å². The fraction of sp³-hybridized carbons (Fsp3) is 0.316. The highest BCUT2D eigenvalue weighted by Crippen LogP contribution is 2.33. The number of benzene rings is 1. The van der Waals surface area contributed by atoms with Gasteiger partial charge in [0.2, 0.25) is 0 Å². The average Bonchev–Trinajstić information content (AvgIpc) is 2.57. The second kappa shape index (κ2) is 7.48. The molecule has 0 N–H and O–H groups in total. The molecule has 0 spiro atoms. The summed E-state index contributed by atoms with van der Waals surface area (Å²) in [7, 11) is 0. The topological polar surface area (TPSA) is 70.4 Å². The van der Waals surface area contributed by atoms with Gasteiger partial charge >= 0.3 is 0 Å². The first kappa shape index (κ1) is 17.3. The summed E-state index contributed by atoms with van der Waals surface area (Å²) in [5.41, 5.74) is 1.92. The Kier molecular flexibility index (Phi) is 5.39. The van der Waals surface area contributed by atoms with Crippen molar-refractivity contribution in [1.29, 1.82) is 5.26 Å². The molecule has 2 rings (SSSR count). The second-order valence-electron chi connectivity index (χ2n) is 5.77. The van der Waals surface area contributed by atoms with E-state index in [1.807, 2.05) is 37.9 Å². The first-order valence-electron chi connectivity index (χ1n) is 7.65. The van der Waals surface area contributed by atoms with Gasteiger partial charge in [-0.3, -0.25) is 0 Å². The predicted octanol–water partition coefficient (Wildman–Crippen LogP) is 2.75. The van der Waals surface area contributed by atoms with Gasteiger partial charge in [0.15, 0.2) is 5.88 Å². The number of allylic oxidation sites excluding steroid dienone is 2. The van der Waals surface area contributed by atoms with Gasteiger partial charge in [-0.2, -0.15) is 5.26 Å². The smallest absolute Gasteiger partial charge is 0.195 e. The van der Waals surface area contributed by atoms with Crippen LogP contribution < -0.4 is 0 Å². The van der Waals surface area contributed by atoms with Crippen LogP contribution >= 0.6 is 0 Å². The quantitative estimate of drug-likeness (QED) is 0.797. The molecular weight excluding hydrogens is 304 g/mol. The highest BCUT2D eigenvalue weighted by Gasteiger charge is 2.31. The molecule has 1 heterocycles. The molecule has 122 valence electrons. The SMILES string of the molecule is CC(C)OC1=CC(=C=O)C(C)C(=C=O)N1Cc1ccccc1C#N. The summed E-state index contributed by atoms with van der Waals surface area (Å²) < 4.78 is 5.77. The van der Waals surface area contributed by atoms with Gasteiger partial charge in [-0.1, -0.05) is 25.1 Å². The highest BCUT2D eigenvalue weighted by atomic mass is 16.5. The van der Waals surface area contributed by atoms with E-state index < -0.39 is 5.92 Å². The van der Waals surface area contributed by atoms with Crippen molar-refractivity contribution in [3.05, 3.63) is 58.6 Å². The lowest BCUT2D eigenvalue weighted by Crippen LogP contribution is -2.33. The largest absolute Gasteiger partial charge is 0.476 e. The zero-order valence-corrected chi connectivity index (χ0v) is 13.9. The molecule has 5 nitrogen and oxygen atoms in total. The van der Waals surface area contributed by atoms with Crippen molar-refractivity contribution < 1.29 is 14.3 Å². The number of nitriles is 1. The van der Waals surface area contributed by atoms with Crippen molar-refractivity contribution in [2.75, 3.05) is 0 Å². The van der Waals surface area contributed by atoms with Crippen LogP contribution in [0.4, 0.5) is 0 Å². The monoisotopic (exact) mass is 322 g/mol. The summed E-state index contributed by atoms with van der Waals surface area (Å²) in [6, 6.07) is 9.30. The molecule has 0 saturated carbocycles. The third-order valence-electron chi connectivity index (χ3n) is 3.76. The van der Waals surface area contributed by atoms with Crippen LogP contribution in [0.1, 0.15) is 31.9 Å². The molecule has 0 radical (unpaired) electrons. The van der Waals surface area contributed by atoms with Crippen LogP contribution in [0.15, 0.2) is 47.5 Å². The number of rotatable bonds is 4. The van der Waals surface area contributed by atoms with E-state index in [0.29, 0.717) is 22.7 Å². The lowest BCUT2D eigenvalue weighted by atomic mass is 9.94. The predicted molar refractivity (Wildman–Crippen MR) is 88.6 cm³/mol. The van der Waals surface area contributed by atoms with Crippen LogP contribution in [-0.2, 0) is 20.9 Å². The molecule has 1 aliphatic heterocycles.